The number of carbonyl (C=O) groups is 2. The summed E-state index contributed by atoms with van der Waals surface area (Å²) in [7, 11) is 1.78. The molecule has 0 aromatic heterocycles. The summed E-state index contributed by atoms with van der Waals surface area (Å²) in [6, 6.07) is -0.614. The van der Waals surface area contributed by atoms with Crippen LogP contribution in [0.25, 0.3) is 0 Å². The highest BCUT2D eigenvalue weighted by atomic mass is 16.2. The van der Waals surface area contributed by atoms with E-state index < -0.39 is 0 Å². The molecule has 5 heteroatoms. The molecule has 0 spiro atoms. The monoisotopic (exact) mass is 311 g/mol. The van der Waals surface area contributed by atoms with Crippen LogP contribution in [0.3, 0.4) is 0 Å². The molecule has 0 saturated heterocycles. The van der Waals surface area contributed by atoms with E-state index in [1.807, 2.05) is 13.8 Å². The maximum Gasteiger partial charge on any atom is 0.237 e. The van der Waals surface area contributed by atoms with Crippen molar-refractivity contribution in [1.29, 1.82) is 0 Å². The summed E-state index contributed by atoms with van der Waals surface area (Å²) in [4.78, 5) is 24.2. The van der Waals surface area contributed by atoms with Crippen LogP contribution in [0.5, 0.6) is 0 Å². The molecule has 0 aromatic carbocycles. The van der Waals surface area contributed by atoms with Crippen LogP contribution in [0.2, 0.25) is 0 Å². The first kappa shape index (κ1) is 19.1. The molecule has 1 rings (SSSR count). The highest BCUT2D eigenvalue weighted by Crippen LogP contribution is 2.31. The fraction of sp³-hybridized carbons (Fsp3) is 0.882. The van der Waals surface area contributed by atoms with Gasteiger partial charge in [0.1, 0.15) is 0 Å². The summed E-state index contributed by atoms with van der Waals surface area (Å²) in [5.74, 6) is 1.32. The number of ketones is 1. The SMILES string of the molecule is CNC(C(=O)NC(CC1CCC(CN)CC1)C(C)=O)C(C)C. The molecule has 1 fully saturated rings. The van der Waals surface area contributed by atoms with E-state index in [-0.39, 0.29) is 29.7 Å². The Kier molecular flexibility index (Phi) is 8.04. The first-order valence-corrected chi connectivity index (χ1v) is 8.57. The van der Waals surface area contributed by atoms with E-state index in [2.05, 4.69) is 10.6 Å². The minimum Gasteiger partial charge on any atom is -0.345 e. The molecule has 2 unspecified atom stereocenters. The van der Waals surface area contributed by atoms with Gasteiger partial charge in [0.2, 0.25) is 5.91 Å². The number of rotatable bonds is 8. The first-order chi connectivity index (χ1) is 10.4. The van der Waals surface area contributed by atoms with Gasteiger partial charge in [-0.2, -0.15) is 0 Å². The van der Waals surface area contributed by atoms with Crippen LogP contribution in [0.4, 0.5) is 0 Å². The molecule has 1 aliphatic carbocycles. The van der Waals surface area contributed by atoms with Gasteiger partial charge in [-0.3, -0.25) is 9.59 Å². The second-order valence-corrected chi connectivity index (χ2v) is 7.04. The largest absolute Gasteiger partial charge is 0.345 e. The molecule has 0 radical (unpaired) electrons. The van der Waals surface area contributed by atoms with Gasteiger partial charge in [-0.1, -0.05) is 26.7 Å². The van der Waals surface area contributed by atoms with E-state index >= 15 is 0 Å². The zero-order valence-electron chi connectivity index (χ0n) is 14.5. The molecule has 1 aliphatic rings. The van der Waals surface area contributed by atoms with Gasteiger partial charge in [0.25, 0.3) is 0 Å². The topological polar surface area (TPSA) is 84.2 Å². The van der Waals surface area contributed by atoms with Gasteiger partial charge in [-0.05, 0) is 57.5 Å². The second kappa shape index (κ2) is 9.26. The number of hydrogen-bond donors (Lipinski definition) is 3. The quantitative estimate of drug-likeness (QED) is 0.633. The van der Waals surface area contributed by atoms with Crippen molar-refractivity contribution in [2.75, 3.05) is 13.6 Å². The van der Waals surface area contributed by atoms with Crippen molar-refractivity contribution in [3.8, 4) is 0 Å². The van der Waals surface area contributed by atoms with Gasteiger partial charge in [0.15, 0.2) is 5.78 Å². The normalized spacial score (nSPS) is 24.8. The maximum absolute atomic E-state index is 12.3. The summed E-state index contributed by atoms with van der Waals surface area (Å²) in [5, 5.41) is 5.97. The van der Waals surface area contributed by atoms with Crippen LogP contribution in [0.15, 0.2) is 0 Å². The molecule has 0 aliphatic heterocycles. The lowest BCUT2D eigenvalue weighted by Crippen LogP contribution is -2.51. The molecular formula is C17H33N3O2. The summed E-state index contributed by atoms with van der Waals surface area (Å²) in [6.07, 6.45) is 5.27. The van der Waals surface area contributed by atoms with Crippen LogP contribution in [-0.2, 0) is 9.59 Å². The lowest BCUT2D eigenvalue weighted by atomic mass is 9.79. The second-order valence-electron chi connectivity index (χ2n) is 7.04. The van der Waals surface area contributed by atoms with E-state index in [1.54, 1.807) is 14.0 Å². The van der Waals surface area contributed by atoms with Crippen molar-refractivity contribution in [1.82, 2.24) is 10.6 Å². The minimum atomic E-state index is -0.360. The number of likely N-dealkylation sites (N-methyl/N-ethyl adjacent to an activating group) is 1. The minimum absolute atomic E-state index is 0.0490. The Bertz CT molecular complexity index is 363. The summed E-state index contributed by atoms with van der Waals surface area (Å²) in [5.41, 5.74) is 5.72. The Morgan fingerprint density at radius 1 is 1.14 bits per heavy atom. The van der Waals surface area contributed by atoms with Gasteiger partial charge in [-0.25, -0.2) is 0 Å². The molecule has 0 heterocycles. The van der Waals surface area contributed by atoms with E-state index in [1.165, 1.54) is 0 Å². The molecule has 4 N–H and O–H groups in total. The Labute approximate surface area is 134 Å². The molecular weight excluding hydrogens is 278 g/mol. The van der Waals surface area contributed by atoms with Crippen LogP contribution in [0.1, 0.15) is 52.9 Å². The van der Waals surface area contributed by atoms with Crippen LogP contribution < -0.4 is 16.4 Å². The molecule has 0 aromatic rings. The fourth-order valence-corrected chi connectivity index (χ4v) is 3.39. The Morgan fingerprint density at radius 3 is 2.09 bits per heavy atom. The number of nitrogens with two attached hydrogens (primary N) is 1. The number of carbonyl (C=O) groups excluding carboxylic acids is 2. The van der Waals surface area contributed by atoms with E-state index in [0.29, 0.717) is 11.8 Å². The third-order valence-corrected chi connectivity index (χ3v) is 4.94. The van der Waals surface area contributed by atoms with Crippen LogP contribution in [-0.4, -0.2) is 37.4 Å². The summed E-state index contributed by atoms with van der Waals surface area (Å²) in [6.45, 7) is 6.33. The van der Waals surface area contributed by atoms with Gasteiger partial charge < -0.3 is 16.4 Å². The van der Waals surface area contributed by atoms with Crippen LogP contribution >= 0.6 is 0 Å². The van der Waals surface area contributed by atoms with Crippen molar-refractivity contribution in [2.24, 2.45) is 23.5 Å². The first-order valence-electron chi connectivity index (χ1n) is 8.57. The van der Waals surface area contributed by atoms with E-state index in [4.69, 9.17) is 5.73 Å². The van der Waals surface area contributed by atoms with Crippen molar-refractivity contribution in [2.45, 2.75) is 65.0 Å². The Balaban J connectivity index is 2.56. The standard InChI is InChI=1S/C17H33N3O2/c1-11(2)16(19-4)17(22)20-15(12(3)21)9-13-5-7-14(10-18)8-6-13/h11,13-16,19H,5-10,18H2,1-4H3,(H,20,22). The molecule has 1 amide bonds. The number of amides is 1. The smallest absolute Gasteiger partial charge is 0.237 e. The average molecular weight is 311 g/mol. The number of Topliss-reactive ketones (excluding diaryl/α,β-unsaturated/α-hetero) is 1. The predicted molar refractivity (Wildman–Crippen MR) is 89.4 cm³/mol. The van der Waals surface area contributed by atoms with Gasteiger partial charge in [-0.15, -0.1) is 0 Å². The average Bonchev–Trinajstić information content (AvgIpc) is 2.47. The lowest BCUT2D eigenvalue weighted by Gasteiger charge is -2.30. The third-order valence-electron chi connectivity index (χ3n) is 4.94. The van der Waals surface area contributed by atoms with Crippen LogP contribution in [0, 0.1) is 17.8 Å². The molecule has 128 valence electrons. The van der Waals surface area contributed by atoms with Crippen molar-refractivity contribution >= 4 is 11.7 Å². The Hall–Kier alpha value is -0.940. The maximum atomic E-state index is 12.3. The Morgan fingerprint density at radius 2 is 1.68 bits per heavy atom. The van der Waals surface area contributed by atoms with Crippen molar-refractivity contribution in [3.63, 3.8) is 0 Å². The molecule has 5 nitrogen and oxygen atoms in total. The summed E-state index contributed by atoms with van der Waals surface area (Å²) >= 11 is 0. The molecule has 22 heavy (non-hydrogen) atoms. The van der Waals surface area contributed by atoms with Crippen molar-refractivity contribution in [3.05, 3.63) is 0 Å². The molecule has 0 bridgehead atoms. The number of nitrogens with one attached hydrogen (secondary N) is 2. The fourth-order valence-electron chi connectivity index (χ4n) is 3.39. The number of hydrogen-bond acceptors (Lipinski definition) is 4. The highest BCUT2D eigenvalue weighted by molar-refractivity contribution is 5.89. The zero-order chi connectivity index (χ0) is 16.7. The third kappa shape index (κ3) is 5.69. The van der Waals surface area contributed by atoms with E-state index in [9.17, 15) is 9.59 Å². The van der Waals surface area contributed by atoms with Gasteiger partial charge >= 0.3 is 0 Å². The highest BCUT2D eigenvalue weighted by Gasteiger charge is 2.28. The lowest BCUT2D eigenvalue weighted by molar-refractivity contribution is -0.129. The molecule has 1 saturated carbocycles. The zero-order valence-corrected chi connectivity index (χ0v) is 14.5. The van der Waals surface area contributed by atoms with Crippen molar-refractivity contribution < 1.29 is 9.59 Å². The van der Waals surface area contributed by atoms with Gasteiger partial charge in [0, 0.05) is 0 Å². The van der Waals surface area contributed by atoms with Gasteiger partial charge in [0.05, 0.1) is 12.1 Å². The molecule has 2 atom stereocenters. The summed E-state index contributed by atoms with van der Waals surface area (Å²) < 4.78 is 0. The van der Waals surface area contributed by atoms with E-state index in [0.717, 1.165) is 38.6 Å². The predicted octanol–water partition coefficient (Wildman–Crippen LogP) is 1.46.